The van der Waals surface area contributed by atoms with Gasteiger partial charge in [0.15, 0.2) is 0 Å². The molecule has 1 aliphatic rings. The fourth-order valence-electron chi connectivity index (χ4n) is 4.27. The molecule has 3 aromatic heterocycles. The van der Waals surface area contributed by atoms with Gasteiger partial charge < -0.3 is 15.4 Å². The van der Waals surface area contributed by atoms with E-state index in [1.807, 2.05) is 18.5 Å². The van der Waals surface area contributed by atoms with E-state index in [0.29, 0.717) is 18.8 Å². The molecule has 0 bridgehead atoms. The highest BCUT2D eigenvalue weighted by Crippen LogP contribution is 2.32. The number of halogens is 3. The van der Waals surface area contributed by atoms with Gasteiger partial charge >= 0.3 is 6.18 Å². The van der Waals surface area contributed by atoms with Crippen molar-refractivity contribution in [1.82, 2.24) is 19.3 Å². The largest absolute Gasteiger partial charge is 0.417 e. The number of aromatic nitrogens is 3. The number of anilines is 1. The van der Waals surface area contributed by atoms with E-state index < -0.39 is 17.8 Å². The molecule has 1 saturated heterocycles. The minimum absolute atomic E-state index is 0.280. The molecule has 2 unspecified atom stereocenters. The van der Waals surface area contributed by atoms with Crippen LogP contribution < -0.4 is 5.32 Å². The average molecular weight is 500 g/mol. The highest BCUT2D eigenvalue weighted by Gasteiger charge is 2.31. The van der Waals surface area contributed by atoms with E-state index >= 15 is 0 Å². The Bertz CT molecular complexity index is 1310. The van der Waals surface area contributed by atoms with Crippen LogP contribution in [0.4, 0.5) is 19.0 Å². The number of aryl methyl sites for hydroxylation is 1. The molecule has 35 heavy (non-hydrogen) atoms. The number of pyridine rings is 2. The van der Waals surface area contributed by atoms with Gasteiger partial charge in [0.25, 0.3) is 0 Å². The van der Waals surface area contributed by atoms with Crippen LogP contribution in [0.25, 0.3) is 22.2 Å². The number of aliphatic hydroxyl groups is 1. The minimum Gasteiger partial charge on any atom is -0.390 e. The Morgan fingerprint density at radius 3 is 2.57 bits per heavy atom. The van der Waals surface area contributed by atoms with E-state index in [2.05, 4.69) is 55.8 Å². The summed E-state index contributed by atoms with van der Waals surface area (Å²) in [6, 6.07) is 12.3. The van der Waals surface area contributed by atoms with Gasteiger partial charge in [0.05, 0.1) is 17.7 Å². The zero-order valence-electron chi connectivity index (χ0n) is 18.9. The number of alkyl halides is 3. The summed E-state index contributed by atoms with van der Waals surface area (Å²) in [5, 5.41) is 14.8. The molecule has 0 amide bonds. The van der Waals surface area contributed by atoms with Crippen LogP contribution in [-0.2, 0) is 6.18 Å². The summed E-state index contributed by atoms with van der Waals surface area (Å²) in [5.74, 6) is 0.321. The van der Waals surface area contributed by atoms with Gasteiger partial charge in [0.1, 0.15) is 11.5 Å². The van der Waals surface area contributed by atoms with Crippen molar-refractivity contribution < 1.29 is 18.3 Å². The van der Waals surface area contributed by atoms with Crippen molar-refractivity contribution in [2.75, 3.05) is 18.4 Å². The zero-order valence-corrected chi connectivity index (χ0v) is 19.7. The van der Waals surface area contributed by atoms with Crippen LogP contribution in [0.5, 0.6) is 0 Å². The van der Waals surface area contributed by atoms with Crippen LogP contribution in [0.3, 0.4) is 0 Å². The third kappa shape index (κ3) is 5.14. The number of aromatic amines is 1. The lowest BCUT2D eigenvalue weighted by Gasteiger charge is -2.35. The predicted molar refractivity (Wildman–Crippen MR) is 131 cm³/mol. The Morgan fingerprint density at radius 2 is 1.89 bits per heavy atom. The second kappa shape index (κ2) is 9.52. The molecule has 6 nitrogen and oxygen atoms in total. The number of nitrogens with zero attached hydrogens (tertiary/aromatic N) is 3. The van der Waals surface area contributed by atoms with Gasteiger partial charge in [-0.15, -0.1) is 0 Å². The SMILES string of the molecule is Cc1c(-c2ccc(SN3CCC(Nc4ccc(C(F)(F)F)cn4)C(O)C3)cc2)cnc2[nH]ccc12. The number of hydrogen-bond acceptors (Lipinski definition) is 6. The van der Waals surface area contributed by atoms with E-state index in [1.165, 1.54) is 11.6 Å². The lowest BCUT2D eigenvalue weighted by atomic mass is 10.0. The summed E-state index contributed by atoms with van der Waals surface area (Å²) in [7, 11) is 0. The van der Waals surface area contributed by atoms with Gasteiger partial charge in [-0.1, -0.05) is 12.1 Å². The Balaban J connectivity index is 1.18. The molecule has 0 radical (unpaired) electrons. The van der Waals surface area contributed by atoms with E-state index in [-0.39, 0.29) is 6.04 Å². The first-order valence-corrected chi connectivity index (χ1v) is 12.0. The molecule has 1 aliphatic heterocycles. The van der Waals surface area contributed by atoms with Crippen LogP contribution in [0.1, 0.15) is 17.5 Å². The van der Waals surface area contributed by atoms with E-state index in [4.69, 9.17) is 0 Å². The molecule has 10 heteroatoms. The van der Waals surface area contributed by atoms with Crippen molar-refractivity contribution in [1.29, 1.82) is 0 Å². The molecule has 4 heterocycles. The Labute approximate surface area is 204 Å². The van der Waals surface area contributed by atoms with Gasteiger partial charge in [-0.2, -0.15) is 13.2 Å². The van der Waals surface area contributed by atoms with E-state index in [0.717, 1.165) is 45.9 Å². The fourth-order valence-corrected chi connectivity index (χ4v) is 5.25. The lowest BCUT2D eigenvalue weighted by molar-refractivity contribution is -0.137. The Kier molecular flexibility index (Phi) is 6.43. The van der Waals surface area contributed by atoms with Gasteiger partial charge in [0, 0.05) is 47.5 Å². The van der Waals surface area contributed by atoms with Crippen LogP contribution >= 0.6 is 11.9 Å². The normalized spacial score (nSPS) is 19.2. The molecule has 0 spiro atoms. The third-order valence-electron chi connectivity index (χ3n) is 6.22. The van der Waals surface area contributed by atoms with Gasteiger partial charge in [0.2, 0.25) is 0 Å². The maximum absolute atomic E-state index is 12.7. The number of H-pyrrole nitrogens is 1. The Morgan fingerprint density at radius 1 is 1.09 bits per heavy atom. The zero-order chi connectivity index (χ0) is 24.6. The summed E-state index contributed by atoms with van der Waals surface area (Å²) in [5.41, 5.74) is 3.44. The summed E-state index contributed by atoms with van der Waals surface area (Å²) < 4.78 is 40.3. The van der Waals surface area contributed by atoms with Crippen LogP contribution in [0, 0.1) is 6.92 Å². The highest BCUT2D eigenvalue weighted by molar-refractivity contribution is 7.97. The maximum Gasteiger partial charge on any atom is 0.417 e. The van der Waals surface area contributed by atoms with Crippen LogP contribution in [0.15, 0.2) is 66.0 Å². The monoisotopic (exact) mass is 499 g/mol. The Hall–Kier alpha value is -3.08. The lowest BCUT2D eigenvalue weighted by Crippen LogP contribution is -2.47. The molecule has 4 aromatic rings. The first kappa shape index (κ1) is 23.7. The number of benzene rings is 1. The summed E-state index contributed by atoms with van der Waals surface area (Å²) >= 11 is 1.58. The quantitative estimate of drug-likeness (QED) is 0.315. The summed E-state index contributed by atoms with van der Waals surface area (Å²) in [6.45, 7) is 3.24. The van der Waals surface area contributed by atoms with Crippen molar-refractivity contribution in [2.24, 2.45) is 0 Å². The van der Waals surface area contributed by atoms with Crippen molar-refractivity contribution in [3.8, 4) is 11.1 Å². The molecule has 1 aromatic carbocycles. The third-order valence-corrected chi connectivity index (χ3v) is 7.30. The molecular formula is C25H24F3N5OS. The molecule has 3 N–H and O–H groups in total. The molecule has 5 rings (SSSR count). The number of β-amino-alcohol motifs (C(OH)–C–C–N with tert-alkyl or cyclic N) is 1. The standard InChI is InChI=1S/C25H24F3N5OS/c1-15-19-8-10-29-24(19)31-13-20(15)16-2-5-18(6-3-16)35-33-11-9-21(22(34)14-33)32-23-7-4-17(12-30-23)25(26,27)28/h2-8,10,12-13,21-22,34H,9,11,14H2,1H3,(H,29,31)(H,30,32). The maximum atomic E-state index is 12.7. The van der Waals surface area contributed by atoms with Crippen molar-refractivity contribution in [2.45, 2.75) is 36.6 Å². The molecule has 0 saturated carbocycles. The van der Waals surface area contributed by atoms with Gasteiger partial charge in [-0.3, -0.25) is 0 Å². The fraction of sp³-hybridized carbons (Fsp3) is 0.280. The molecule has 2 atom stereocenters. The van der Waals surface area contributed by atoms with E-state index in [9.17, 15) is 18.3 Å². The summed E-state index contributed by atoms with van der Waals surface area (Å²) in [6.07, 6.45) is 0.115. The highest BCUT2D eigenvalue weighted by atomic mass is 32.2. The number of nitrogens with one attached hydrogen (secondary N) is 2. The van der Waals surface area contributed by atoms with E-state index in [1.54, 1.807) is 11.9 Å². The minimum atomic E-state index is -4.42. The average Bonchev–Trinajstić information content (AvgIpc) is 3.32. The second-order valence-corrected chi connectivity index (χ2v) is 9.75. The van der Waals surface area contributed by atoms with Crippen molar-refractivity contribution in [3.05, 3.63) is 72.2 Å². The van der Waals surface area contributed by atoms with Crippen molar-refractivity contribution >= 4 is 28.8 Å². The molecule has 182 valence electrons. The predicted octanol–water partition coefficient (Wildman–Crippen LogP) is 5.51. The van der Waals surface area contributed by atoms with Gasteiger partial charge in [-0.05, 0) is 66.8 Å². The van der Waals surface area contributed by atoms with Crippen LogP contribution in [0.2, 0.25) is 0 Å². The number of piperidine rings is 1. The number of fused-ring (bicyclic) bond motifs is 1. The topological polar surface area (TPSA) is 77.1 Å². The first-order valence-electron chi connectivity index (χ1n) is 11.2. The van der Waals surface area contributed by atoms with Crippen LogP contribution in [-0.4, -0.2) is 49.6 Å². The number of hydrogen-bond donors (Lipinski definition) is 3. The smallest absolute Gasteiger partial charge is 0.390 e. The molecular weight excluding hydrogens is 475 g/mol. The summed E-state index contributed by atoms with van der Waals surface area (Å²) in [4.78, 5) is 12.5. The first-order chi connectivity index (χ1) is 16.8. The number of aliphatic hydroxyl groups excluding tert-OH is 1. The second-order valence-electron chi connectivity index (χ2n) is 8.58. The number of rotatable bonds is 5. The van der Waals surface area contributed by atoms with Crippen molar-refractivity contribution in [3.63, 3.8) is 0 Å². The van der Waals surface area contributed by atoms with Gasteiger partial charge in [-0.25, -0.2) is 14.3 Å². The molecule has 1 fully saturated rings. The molecule has 0 aliphatic carbocycles.